The van der Waals surface area contributed by atoms with Gasteiger partial charge in [-0.2, -0.15) is 0 Å². The number of nitrogens with one attached hydrogen (secondary N) is 2. The molecule has 0 saturated carbocycles. The van der Waals surface area contributed by atoms with Gasteiger partial charge in [-0.1, -0.05) is 80.6 Å². The highest BCUT2D eigenvalue weighted by Crippen LogP contribution is 2.20. The molecule has 2 N–H and O–H groups in total. The molecule has 0 aliphatic rings. The van der Waals surface area contributed by atoms with Gasteiger partial charge in [-0.15, -0.1) is 0 Å². The van der Waals surface area contributed by atoms with Crippen LogP contribution in [0.15, 0.2) is 78.9 Å². The van der Waals surface area contributed by atoms with Gasteiger partial charge in [0.1, 0.15) is 0 Å². The Balaban J connectivity index is 1.62. The highest BCUT2D eigenvalue weighted by Gasteiger charge is 2.19. The Hall–Kier alpha value is -3.51. The average Bonchev–Trinajstić information content (AvgIpc) is 2.84. The van der Waals surface area contributed by atoms with Crippen LogP contribution >= 0.6 is 12.2 Å². The van der Waals surface area contributed by atoms with E-state index in [2.05, 4.69) is 36.6 Å². The first-order chi connectivity index (χ1) is 16.7. The first kappa shape index (κ1) is 26.1. The minimum Gasteiger partial charge on any atom is -0.337 e. The van der Waals surface area contributed by atoms with Gasteiger partial charge < -0.3 is 15.5 Å². The number of thiocarbonyl (C=S) groups is 1. The van der Waals surface area contributed by atoms with E-state index in [-0.39, 0.29) is 22.8 Å². The van der Waals surface area contributed by atoms with E-state index in [0.29, 0.717) is 23.7 Å². The van der Waals surface area contributed by atoms with Gasteiger partial charge in [0.05, 0.1) is 17.2 Å². The van der Waals surface area contributed by atoms with E-state index < -0.39 is 0 Å². The highest BCUT2D eigenvalue weighted by atomic mass is 32.1. The van der Waals surface area contributed by atoms with E-state index in [9.17, 15) is 9.59 Å². The van der Waals surface area contributed by atoms with Crippen molar-refractivity contribution in [3.8, 4) is 0 Å². The normalized spacial score (nSPS) is 11.6. The van der Waals surface area contributed by atoms with Crippen LogP contribution < -0.4 is 10.6 Å². The number of carbonyl (C=O) groups excluding carboxylic acids is 2. The second-order valence-corrected chi connectivity index (χ2v) is 9.61. The number of carbonyl (C=O) groups is 2. The lowest BCUT2D eigenvalue weighted by molar-refractivity contribution is -0.120. The van der Waals surface area contributed by atoms with E-state index >= 15 is 0 Å². The minimum absolute atomic E-state index is 0.138. The second kappa shape index (κ2) is 12.3. The molecule has 35 heavy (non-hydrogen) atoms. The summed E-state index contributed by atoms with van der Waals surface area (Å²) in [7, 11) is 1.76. The molecule has 182 valence electrons. The molecule has 0 radical (unpaired) electrons. The predicted octanol–water partition coefficient (Wildman–Crippen LogP) is 5.77. The number of hydrogen-bond donors (Lipinski definition) is 2. The fraction of sp³-hybridized carbons (Fsp3) is 0.276. The first-order valence-electron chi connectivity index (χ1n) is 11.8. The third kappa shape index (κ3) is 7.49. The summed E-state index contributed by atoms with van der Waals surface area (Å²) < 4.78 is 0. The van der Waals surface area contributed by atoms with Gasteiger partial charge in [-0.25, -0.2) is 0 Å². The largest absolute Gasteiger partial charge is 0.337 e. The first-order valence-corrected chi connectivity index (χ1v) is 12.2. The lowest BCUT2D eigenvalue weighted by Gasteiger charge is -2.20. The van der Waals surface area contributed by atoms with Gasteiger partial charge >= 0.3 is 0 Å². The lowest BCUT2D eigenvalue weighted by atomic mass is 9.96. The van der Waals surface area contributed by atoms with Gasteiger partial charge in [0.25, 0.3) is 5.91 Å². The monoisotopic (exact) mass is 487 g/mol. The van der Waals surface area contributed by atoms with Crippen molar-refractivity contribution in [1.82, 2.24) is 10.2 Å². The zero-order valence-electron chi connectivity index (χ0n) is 20.7. The van der Waals surface area contributed by atoms with Gasteiger partial charge in [0, 0.05) is 13.6 Å². The Labute approximate surface area is 213 Å². The third-order valence-corrected chi connectivity index (χ3v) is 5.97. The maximum atomic E-state index is 13.1. The minimum atomic E-state index is -0.364. The maximum absolute atomic E-state index is 13.1. The molecule has 2 amide bonds. The fourth-order valence-corrected chi connectivity index (χ4v) is 4.06. The van der Waals surface area contributed by atoms with E-state index in [4.69, 9.17) is 12.2 Å². The summed E-state index contributed by atoms with van der Waals surface area (Å²) in [6.45, 7) is 6.71. The van der Waals surface area contributed by atoms with Crippen molar-refractivity contribution in [1.29, 1.82) is 0 Å². The molecule has 0 bridgehead atoms. The van der Waals surface area contributed by atoms with Gasteiger partial charge in [-0.05, 0) is 60.3 Å². The zero-order valence-corrected chi connectivity index (χ0v) is 21.6. The number of rotatable bonds is 8. The predicted molar refractivity (Wildman–Crippen MR) is 146 cm³/mol. The van der Waals surface area contributed by atoms with Crippen LogP contribution in [0.25, 0.3) is 0 Å². The van der Waals surface area contributed by atoms with Gasteiger partial charge in [0.15, 0.2) is 5.11 Å². The van der Waals surface area contributed by atoms with Crippen LogP contribution in [0.4, 0.5) is 5.69 Å². The SMILES string of the molecule is CC(C)Cc1ccc(C(C)C(=O)NC(=S)Nc2ccccc2C(=O)N(C)Cc2ccccc2)cc1. The van der Waals surface area contributed by atoms with Crippen molar-refractivity contribution in [2.75, 3.05) is 12.4 Å². The Morgan fingerprint density at radius 3 is 2.14 bits per heavy atom. The van der Waals surface area contributed by atoms with Crippen molar-refractivity contribution >= 4 is 34.8 Å². The van der Waals surface area contributed by atoms with E-state index in [1.165, 1.54) is 5.56 Å². The molecule has 3 rings (SSSR count). The molecule has 5 nitrogen and oxygen atoms in total. The van der Waals surface area contributed by atoms with Crippen molar-refractivity contribution in [2.24, 2.45) is 5.92 Å². The van der Waals surface area contributed by atoms with Crippen molar-refractivity contribution in [3.63, 3.8) is 0 Å². The fourth-order valence-electron chi connectivity index (χ4n) is 3.85. The van der Waals surface area contributed by atoms with E-state index in [1.807, 2.05) is 55.5 Å². The smallest absolute Gasteiger partial charge is 0.256 e. The Morgan fingerprint density at radius 2 is 1.49 bits per heavy atom. The molecule has 0 fully saturated rings. The molecule has 0 aliphatic heterocycles. The summed E-state index contributed by atoms with van der Waals surface area (Å²) in [5.41, 5.74) is 4.26. The number of hydrogen-bond acceptors (Lipinski definition) is 3. The van der Waals surface area contributed by atoms with Crippen molar-refractivity contribution in [2.45, 2.75) is 39.7 Å². The Morgan fingerprint density at radius 1 is 0.857 bits per heavy atom. The van der Waals surface area contributed by atoms with Crippen LogP contribution in [-0.2, 0) is 17.8 Å². The molecule has 0 saturated heterocycles. The second-order valence-electron chi connectivity index (χ2n) is 9.20. The summed E-state index contributed by atoms with van der Waals surface area (Å²) in [5, 5.41) is 5.95. The average molecular weight is 488 g/mol. The number of amides is 2. The molecule has 0 aromatic heterocycles. The van der Waals surface area contributed by atoms with Gasteiger partial charge in [0.2, 0.25) is 5.91 Å². The number of nitrogens with zero attached hydrogens (tertiary/aromatic N) is 1. The molecule has 0 aliphatic carbocycles. The number of benzene rings is 3. The van der Waals surface area contributed by atoms with Crippen LogP contribution in [-0.4, -0.2) is 28.9 Å². The third-order valence-electron chi connectivity index (χ3n) is 5.77. The molecular weight excluding hydrogens is 454 g/mol. The van der Waals surface area contributed by atoms with Crippen LogP contribution in [0.1, 0.15) is 53.7 Å². The quantitative estimate of drug-likeness (QED) is 0.396. The number of para-hydroxylation sites is 1. The summed E-state index contributed by atoms with van der Waals surface area (Å²) in [4.78, 5) is 27.6. The van der Waals surface area contributed by atoms with Crippen molar-refractivity contribution < 1.29 is 9.59 Å². The van der Waals surface area contributed by atoms with E-state index in [0.717, 1.165) is 17.5 Å². The molecule has 1 atom stereocenters. The van der Waals surface area contributed by atoms with Crippen molar-refractivity contribution in [3.05, 3.63) is 101 Å². The Bertz CT molecular complexity index is 1160. The lowest BCUT2D eigenvalue weighted by Crippen LogP contribution is -2.37. The molecule has 0 spiro atoms. The van der Waals surface area contributed by atoms with E-state index in [1.54, 1.807) is 30.1 Å². The summed E-state index contributed by atoms with van der Waals surface area (Å²) in [6, 6.07) is 25.1. The zero-order chi connectivity index (χ0) is 25.4. The standard InChI is InChI=1S/C29H33N3O2S/c1-20(2)18-22-14-16-24(17-15-22)21(3)27(33)31-29(35)30-26-13-9-8-12-25(26)28(34)32(4)19-23-10-6-5-7-11-23/h5-17,20-21H,18-19H2,1-4H3,(H2,30,31,33,35). The van der Waals surface area contributed by atoms with Crippen LogP contribution in [0.3, 0.4) is 0 Å². The van der Waals surface area contributed by atoms with Crippen LogP contribution in [0, 0.1) is 5.92 Å². The molecular formula is C29H33N3O2S. The van der Waals surface area contributed by atoms with Gasteiger partial charge in [-0.3, -0.25) is 9.59 Å². The molecule has 3 aromatic carbocycles. The molecule has 0 heterocycles. The topological polar surface area (TPSA) is 61.4 Å². The van der Waals surface area contributed by atoms with Crippen LogP contribution in [0.5, 0.6) is 0 Å². The maximum Gasteiger partial charge on any atom is 0.256 e. The summed E-state index contributed by atoms with van der Waals surface area (Å²) in [5.74, 6) is -0.125. The molecule has 1 unspecified atom stereocenters. The summed E-state index contributed by atoms with van der Waals surface area (Å²) in [6.07, 6.45) is 1.01. The van der Waals surface area contributed by atoms with Crippen LogP contribution in [0.2, 0.25) is 0 Å². The Kier molecular flexibility index (Phi) is 9.15. The number of anilines is 1. The summed E-state index contributed by atoms with van der Waals surface area (Å²) >= 11 is 5.40. The highest BCUT2D eigenvalue weighted by molar-refractivity contribution is 7.80. The molecule has 6 heteroatoms. The molecule has 3 aromatic rings.